The predicted molar refractivity (Wildman–Crippen MR) is 80.5 cm³/mol. The number of hydrogen-bond donors (Lipinski definition) is 1. The Bertz CT molecular complexity index is 359. The number of piperidine rings is 1. The zero-order chi connectivity index (χ0) is 14.2. The summed E-state index contributed by atoms with van der Waals surface area (Å²) in [6.07, 6.45) is 4.84. The van der Waals surface area contributed by atoms with Crippen LogP contribution in [0.1, 0.15) is 39.5 Å². The van der Waals surface area contributed by atoms with E-state index in [4.69, 9.17) is 0 Å². The van der Waals surface area contributed by atoms with Crippen LogP contribution in [0.25, 0.3) is 0 Å². The van der Waals surface area contributed by atoms with Crippen molar-refractivity contribution in [2.45, 2.75) is 45.1 Å². The summed E-state index contributed by atoms with van der Waals surface area (Å²) in [6, 6.07) is 0. The number of amides is 1. The second-order valence-electron chi connectivity index (χ2n) is 7.49. The SMILES string of the molecule is CC1(C)CN(C(=O)C2CC2)CCN1CC1CCNCC1. The first-order valence-corrected chi connectivity index (χ1v) is 8.31. The molecular formula is C16H29N3O. The molecule has 114 valence electrons. The van der Waals surface area contributed by atoms with Crippen molar-refractivity contribution in [3.63, 3.8) is 0 Å². The van der Waals surface area contributed by atoms with Crippen molar-refractivity contribution in [1.82, 2.24) is 15.1 Å². The molecule has 0 unspecified atom stereocenters. The van der Waals surface area contributed by atoms with Gasteiger partial charge in [0.25, 0.3) is 0 Å². The fourth-order valence-corrected chi connectivity index (χ4v) is 3.68. The Morgan fingerprint density at radius 3 is 2.45 bits per heavy atom. The third-order valence-electron chi connectivity index (χ3n) is 5.25. The molecule has 3 fully saturated rings. The highest BCUT2D eigenvalue weighted by Crippen LogP contribution is 2.33. The van der Waals surface area contributed by atoms with Gasteiger partial charge in [-0.15, -0.1) is 0 Å². The van der Waals surface area contributed by atoms with Gasteiger partial charge >= 0.3 is 0 Å². The van der Waals surface area contributed by atoms with Gasteiger partial charge < -0.3 is 10.2 Å². The molecular weight excluding hydrogens is 250 g/mol. The summed E-state index contributed by atoms with van der Waals surface area (Å²) < 4.78 is 0. The van der Waals surface area contributed by atoms with Crippen LogP contribution in [-0.2, 0) is 4.79 Å². The lowest BCUT2D eigenvalue weighted by molar-refractivity contribution is -0.137. The van der Waals surface area contributed by atoms with E-state index in [0.29, 0.717) is 11.8 Å². The Hall–Kier alpha value is -0.610. The van der Waals surface area contributed by atoms with E-state index in [1.165, 1.54) is 32.5 Å². The van der Waals surface area contributed by atoms with E-state index in [-0.39, 0.29) is 5.54 Å². The van der Waals surface area contributed by atoms with Crippen molar-refractivity contribution in [3.05, 3.63) is 0 Å². The van der Waals surface area contributed by atoms with Gasteiger partial charge in [0.05, 0.1) is 0 Å². The van der Waals surface area contributed by atoms with E-state index in [1.54, 1.807) is 0 Å². The molecule has 2 heterocycles. The van der Waals surface area contributed by atoms with Crippen LogP contribution in [0.2, 0.25) is 0 Å². The molecule has 0 bridgehead atoms. The Balaban J connectivity index is 1.55. The van der Waals surface area contributed by atoms with Gasteiger partial charge in [0.1, 0.15) is 0 Å². The predicted octanol–water partition coefficient (Wildman–Crippen LogP) is 1.32. The average molecular weight is 279 g/mol. The maximum absolute atomic E-state index is 12.2. The number of nitrogens with zero attached hydrogens (tertiary/aromatic N) is 2. The normalized spacial score (nSPS) is 28.6. The lowest BCUT2D eigenvalue weighted by Crippen LogP contribution is -2.61. The molecule has 0 aromatic carbocycles. The maximum Gasteiger partial charge on any atom is 0.225 e. The number of piperazine rings is 1. The van der Waals surface area contributed by atoms with Crippen molar-refractivity contribution in [2.24, 2.45) is 11.8 Å². The van der Waals surface area contributed by atoms with Crippen LogP contribution in [0.4, 0.5) is 0 Å². The van der Waals surface area contributed by atoms with E-state index in [0.717, 1.165) is 38.4 Å². The van der Waals surface area contributed by atoms with Gasteiger partial charge in [-0.1, -0.05) is 0 Å². The zero-order valence-corrected chi connectivity index (χ0v) is 13.0. The van der Waals surface area contributed by atoms with Crippen molar-refractivity contribution < 1.29 is 4.79 Å². The van der Waals surface area contributed by atoms with Gasteiger partial charge in [-0.05, 0) is 58.5 Å². The molecule has 1 saturated carbocycles. The minimum Gasteiger partial charge on any atom is -0.339 e. The first-order valence-electron chi connectivity index (χ1n) is 8.31. The minimum absolute atomic E-state index is 0.133. The lowest BCUT2D eigenvalue weighted by atomic mass is 9.92. The average Bonchev–Trinajstić information content (AvgIpc) is 3.25. The van der Waals surface area contributed by atoms with Gasteiger partial charge in [0, 0.05) is 37.6 Å². The number of carbonyl (C=O) groups excluding carboxylic acids is 1. The Kier molecular flexibility index (Phi) is 4.04. The maximum atomic E-state index is 12.2. The smallest absolute Gasteiger partial charge is 0.225 e. The van der Waals surface area contributed by atoms with Crippen molar-refractivity contribution >= 4 is 5.91 Å². The van der Waals surface area contributed by atoms with E-state index >= 15 is 0 Å². The first kappa shape index (κ1) is 14.3. The summed E-state index contributed by atoms with van der Waals surface area (Å²) in [7, 11) is 0. The zero-order valence-electron chi connectivity index (χ0n) is 13.0. The lowest BCUT2D eigenvalue weighted by Gasteiger charge is -2.48. The molecule has 3 rings (SSSR count). The summed E-state index contributed by atoms with van der Waals surface area (Å²) in [5.41, 5.74) is 0.133. The molecule has 0 spiro atoms. The molecule has 4 nitrogen and oxygen atoms in total. The summed E-state index contributed by atoms with van der Waals surface area (Å²) in [5.74, 6) is 1.61. The molecule has 2 saturated heterocycles. The monoisotopic (exact) mass is 279 g/mol. The quantitative estimate of drug-likeness (QED) is 0.846. The molecule has 3 aliphatic rings. The van der Waals surface area contributed by atoms with Crippen LogP contribution in [-0.4, -0.2) is 60.5 Å². The number of nitrogens with one attached hydrogen (secondary N) is 1. The van der Waals surface area contributed by atoms with Gasteiger partial charge in [0.15, 0.2) is 0 Å². The fraction of sp³-hybridized carbons (Fsp3) is 0.938. The van der Waals surface area contributed by atoms with E-state index in [9.17, 15) is 4.79 Å². The molecule has 2 aliphatic heterocycles. The van der Waals surface area contributed by atoms with Crippen molar-refractivity contribution in [3.8, 4) is 0 Å². The van der Waals surface area contributed by atoms with Crippen LogP contribution in [0.5, 0.6) is 0 Å². The molecule has 0 aromatic heterocycles. The van der Waals surface area contributed by atoms with Gasteiger partial charge in [-0.3, -0.25) is 9.69 Å². The molecule has 20 heavy (non-hydrogen) atoms. The first-order chi connectivity index (χ1) is 9.56. The van der Waals surface area contributed by atoms with E-state index in [1.807, 2.05) is 0 Å². The fourth-order valence-electron chi connectivity index (χ4n) is 3.68. The number of hydrogen-bond acceptors (Lipinski definition) is 3. The van der Waals surface area contributed by atoms with Gasteiger partial charge in [0.2, 0.25) is 5.91 Å². The van der Waals surface area contributed by atoms with E-state index < -0.39 is 0 Å². The molecule has 0 aromatic rings. The number of carbonyl (C=O) groups is 1. The molecule has 1 amide bonds. The van der Waals surface area contributed by atoms with Crippen LogP contribution >= 0.6 is 0 Å². The summed E-state index contributed by atoms with van der Waals surface area (Å²) in [5, 5.41) is 3.44. The highest BCUT2D eigenvalue weighted by molar-refractivity contribution is 5.81. The topological polar surface area (TPSA) is 35.6 Å². The Morgan fingerprint density at radius 1 is 1.15 bits per heavy atom. The Labute approximate surface area is 122 Å². The third-order valence-corrected chi connectivity index (χ3v) is 5.25. The summed E-state index contributed by atoms with van der Waals surface area (Å²) in [6.45, 7) is 11.1. The van der Waals surface area contributed by atoms with Crippen molar-refractivity contribution in [2.75, 3.05) is 39.3 Å². The Morgan fingerprint density at radius 2 is 1.85 bits per heavy atom. The summed E-state index contributed by atoms with van der Waals surface area (Å²) >= 11 is 0. The second kappa shape index (κ2) is 5.64. The van der Waals surface area contributed by atoms with Gasteiger partial charge in [-0.25, -0.2) is 0 Å². The van der Waals surface area contributed by atoms with Crippen LogP contribution in [0, 0.1) is 11.8 Å². The molecule has 4 heteroatoms. The molecule has 1 aliphatic carbocycles. The minimum atomic E-state index is 0.133. The van der Waals surface area contributed by atoms with Crippen LogP contribution in [0.3, 0.4) is 0 Å². The molecule has 1 N–H and O–H groups in total. The highest BCUT2D eigenvalue weighted by atomic mass is 16.2. The highest BCUT2D eigenvalue weighted by Gasteiger charge is 2.40. The van der Waals surface area contributed by atoms with Crippen LogP contribution < -0.4 is 5.32 Å². The summed E-state index contributed by atoms with van der Waals surface area (Å²) in [4.78, 5) is 17.0. The molecule has 0 radical (unpaired) electrons. The van der Waals surface area contributed by atoms with Gasteiger partial charge in [-0.2, -0.15) is 0 Å². The van der Waals surface area contributed by atoms with Crippen molar-refractivity contribution in [1.29, 1.82) is 0 Å². The molecule has 0 atom stereocenters. The second-order valence-corrected chi connectivity index (χ2v) is 7.49. The van der Waals surface area contributed by atoms with E-state index in [2.05, 4.69) is 29.0 Å². The number of rotatable bonds is 3. The standard InChI is InChI=1S/C16H29N3O/c1-16(2)12-18(15(20)14-3-4-14)9-10-19(16)11-13-5-7-17-8-6-13/h13-14,17H,3-12H2,1-2H3. The largest absolute Gasteiger partial charge is 0.339 e. The third kappa shape index (κ3) is 3.17. The van der Waals surface area contributed by atoms with Crippen LogP contribution in [0.15, 0.2) is 0 Å².